The highest BCUT2D eigenvalue weighted by molar-refractivity contribution is 5.94. The Morgan fingerprint density at radius 2 is 1.95 bits per heavy atom. The first-order chi connectivity index (χ1) is 9.88. The Kier molecular flexibility index (Phi) is 3.31. The van der Waals surface area contributed by atoms with E-state index < -0.39 is 24.4 Å². The number of nitrogens with zero attached hydrogens (tertiary/aromatic N) is 2. The number of halogens is 3. The van der Waals surface area contributed by atoms with Gasteiger partial charge in [0.1, 0.15) is 0 Å². The third-order valence-electron chi connectivity index (χ3n) is 4.05. The summed E-state index contributed by atoms with van der Waals surface area (Å²) in [5.41, 5.74) is 0.160. The van der Waals surface area contributed by atoms with Gasteiger partial charge in [-0.1, -0.05) is 4.85 Å². The minimum atomic E-state index is -4.54. The third kappa shape index (κ3) is 2.45. The Balaban J connectivity index is 2.07. The lowest BCUT2D eigenvalue weighted by Crippen LogP contribution is -2.33. The van der Waals surface area contributed by atoms with Crippen LogP contribution < -0.4 is 10.6 Å². The average Bonchev–Trinajstić information content (AvgIpc) is 2.75. The van der Waals surface area contributed by atoms with Crippen molar-refractivity contribution in [1.82, 2.24) is 15.3 Å². The molecule has 3 rings (SSSR count). The van der Waals surface area contributed by atoms with Gasteiger partial charge in [-0.2, -0.15) is 13.2 Å². The van der Waals surface area contributed by atoms with Crippen LogP contribution >= 0.6 is 0 Å². The zero-order valence-electron chi connectivity index (χ0n) is 11.1. The third-order valence-corrected chi connectivity index (χ3v) is 4.05. The van der Waals surface area contributed by atoms with Gasteiger partial charge < -0.3 is 15.8 Å². The Morgan fingerprint density at radius 3 is 2.57 bits per heavy atom. The first kappa shape index (κ1) is 14.2. The van der Waals surface area contributed by atoms with Crippen LogP contribution in [-0.4, -0.2) is 40.3 Å². The lowest BCUT2D eigenvalue weighted by Gasteiger charge is -2.28. The maximum absolute atomic E-state index is 13.2. The molecule has 1 fully saturated rings. The van der Waals surface area contributed by atoms with Crippen LogP contribution in [0.1, 0.15) is 42.4 Å². The molecule has 1 atom stereocenters. The van der Waals surface area contributed by atoms with Crippen molar-refractivity contribution in [2.75, 3.05) is 18.4 Å². The van der Waals surface area contributed by atoms with E-state index in [0.717, 1.165) is 0 Å². The van der Waals surface area contributed by atoms with Crippen molar-refractivity contribution in [3.05, 3.63) is 11.3 Å². The Hall–Kier alpha value is -1.77. The van der Waals surface area contributed by atoms with E-state index in [1.54, 1.807) is 0 Å². The molecule has 0 aromatic carbocycles. The lowest BCUT2D eigenvalue weighted by molar-refractivity contribution is -0.157. The first-order valence-electron chi connectivity index (χ1n) is 6.77. The van der Waals surface area contributed by atoms with Crippen LogP contribution in [0.5, 0.6) is 0 Å². The molecule has 0 spiro atoms. The fraction of sp³-hybridized carbons (Fsp3) is 0.667. The molecule has 0 aliphatic carbocycles. The van der Waals surface area contributed by atoms with Crippen LogP contribution in [0.15, 0.2) is 0 Å². The van der Waals surface area contributed by atoms with E-state index in [1.807, 2.05) is 0 Å². The number of piperidine rings is 1. The molecule has 9 heteroatoms. The maximum atomic E-state index is 13.2. The van der Waals surface area contributed by atoms with Gasteiger partial charge in [-0.3, -0.25) is 4.79 Å². The van der Waals surface area contributed by atoms with Crippen molar-refractivity contribution in [2.45, 2.75) is 37.3 Å². The number of amides is 1. The largest absolute Gasteiger partial charge is 0.410 e. The smallest absolute Gasteiger partial charge is 0.396 e. The molecule has 1 amide bonds. The Morgan fingerprint density at radius 1 is 1.29 bits per heavy atom. The standard InChI is InChI=1S/C12H15F3N4O2/c13-12(14,15)7-5-8(20)17-11-9(7)10(18-19(11)21)6-1-3-16-4-2-6/h6-7,16,21H,1-5H2,(H,17,20). The molecule has 1 saturated heterocycles. The molecule has 1 aromatic rings. The van der Waals surface area contributed by atoms with E-state index >= 15 is 0 Å². The Labute approximate surface area is 118 Å². The number of aromatic nitrogens is 2. The number of hydrogen-bond acceptors (Lipinski definition) is 4. The zero-order chi connectivity index (χ0) is 15.2. The maximum Gasteiger partial charge on any atom is 0.396 e. The molecule has 3 heterocycles. The highest BCUT2D eigenvalue weighted by atomic mass is 19.4. The van der Waals surface area contributed by atoms with Crippen molar-refractivity contribution in [3.8, 4) is 0 Å². The molecule has 2 aliphatic rings. The van der Waals surface area contributed by atoms with Gasteiger partial charge in [-0.15, -0.1) is 5.10 Å². The minimum Gasteiger partial charge on any atom is -0.410 e. The molecular formula is C12H15F3N4O2. The van der Waals surface area contributed by atoms with E-state index in [1.165, 1.54) is 0 Å². The summed E-state index contributed by atoms with van der Waals surface area (Å²) in [7, 11) is 0. The summed E-state index contributed by atoms with van der Waals surface area (Å²) in [5.74, 6) is -3.07. The minimum absolute atomic E-state index is 0.0866. The summed E-state index contributed by atoms with van der Waals surface area (Å²) in [6, 6.07) is 0. The molecule has 116 valence electrons. The van der Waals surface area contributed by atoms with Gasteiger partial charge >= 0.3 is 6.18 Å². The summed E-state index contributed by atoms with van der Waals surface area (Å²) in [4.78, 5) is 11.8. The number of fused-ring (bicyclic) bond motifs is 1. The van der Waals surface area contributed by atoms with Gasteiger partial charge in [0.25, 0.3) is 0 Å². The monoisotopic (exact) mass is 304 g/mol. The zero-order valence-corrected chi connectivity index (χ0v) is 11.1. The average molecular weight is 304 g/mol. The second-order valence-electron chi connectivity index (χ2n) is 5.41. The van der Waals surface area contributed by atoms with Crippen LogP contribution in [0.4, 0.5) is 19.0 Å². The van der Waals surface area contributed by atoms with E-state index in [9.17, 15) is 23.2 Å². The first-order valence-corrected chi connectivity index (χ1v) is 6.77. The van der Waals surface area contributed by atoms with Crippen molar-refractivity contribution < 1.29 is 23.2 Å². The van der Waals surface area contributed by atoms with Gasteiger partial charge in [0.15, 0.2) is 5.82 Å². The molecule has 1 aromatic heterocycles. The van der Waals surface area contributed by atoms with Crippen LogP contribution in [-0.2, 0) is 4.79 Å². The number of nitrogens with one attached hydrogen (secondary N) is 2. The number of alkyl halides is 3. The van der Waals surface area contributed by atoms with Crippen LogP contribution in [0.2, 0.25) is 0 Å². The fourth-order valence-electron chi connectivity index (χ4n) is 3.04. The predicted octanol–water partition coefficient (Wildman–Crippen LogP) is 1.58. The van der Waals surface area contributed by atoms with E-state index in [4.69, 9.17) is 0 Å². The molecule has 2 aliphatic heterocycles. The molecule has 0 saturated carbocycles. The SMILES string of the molecule is O=C1CC(C(F)(F)F)c2c(C3CCNCC3)nn(O)c2N1. The van der Waals surface area contributed by atoms with Crippen LogP contribution in [0.25, 0.3) is 0 Å². The number of carbonyl (C=O) groups is 1. The number of carbonyl (C=O) groups excluding carboxylic acids is 1. The van der Waals surface area contributed by atoms with Crippen molar-refractivity contribution in [1.29, 1.82) is 0 Å². The molecule has 3 N–H and O–H groups in total. The molecule has 1 unspecified atom stereocenters. The molecule has 21 heavy (non-hydrogen) atoms. The van der Waals surface area contributed by atoms with Gasteiger partial charge in [0.05, 0.1) is 11.6 Å². The van der Waals surface area contributed by atoms with Crippen LogP contribution in [0, 0.1) is 0 Å². The molecule has 6 nitrogen and oxygen atoms in total. The summed E-state index contributed by atoms with van der Waals surface area (Å²) in [6.45, 7) is 1.39. The summed E-state index contributed by atoms with van der Waals surface area (Å²) in [6.07, 6.45) is -3.90. The normalized spacial score (nSPS) is 23.8. The van der Waals surface area contributed by atoms with E-state index in [0.29, 0.717) is 30.8 Å². The molecule has 0 bridgehead atoms. The van der Waals surface area contributed by atoms with Gasteiger partial charge in [-0.25, -0.2) is 0 Å². The Bertz CT molecular complexity index is 564. The highest BCUT2D eigenvalue weighted by Gasteiger charge is 2.49. The molecular weight excluding hydrogens is 289 g/mol. The highest BCUT2D eigenvalue weighted by Crippen LogP contribution is 2.47. The van der Waals surface area contributed by atoms with Crippen molar-refractivity contribution in [3.63, 3.8) is 0 Å². The topological polar surface area (TPSA) is 79.2 Å². The second-order valence-corrected chi connectivity index (χ2v) is 5.41. The number of anilines is 1. The predicted molar refractivity (Wildman–Crippen MR) is 66.3 cm³/mol. The van der Waals surface area contributed by atoms with E-state index in [-0.39, 0.29) is 23.0 Å². The van der Waals surface area contributed by atoms with Gasteiger partial charge in [0.2, 0.25) is 5.91 Å². The fourth-order valence-corrected chi connectivity index (χ4v) is 3.04. The summed E-state index contributed by atoms with van der Waals surface area (Å²) >= 11 is 0. The summed E-state index contributed by atoms with van der Waals surface area (Å²) < 4.78 is 39.7. The number of hydrogen-bond donors (Lipinski definition) is 3. The van der Waals surface area contributed by atoms with Crippen molar-refractivity contribution >= 4 is 11.7 Å². The second kappa shape index (κ2) is 4.90. The van der Waals surface area contributed by atoms with Gasteiger partial charge in [0, 0.05) is 17.9 Å². The number of rotatable bonds is 1. The molecule has 0 radical (unpaired) electrons. The van der Waals surface area contributed by atoms with Crippen LogP contribution in [0.3, 0.4) is 0 Å². The summed E-state index contributed by atoms with van der Waals surface area (Å²) in [5, 5.41) is 19.0. The lowest BCUT2D eigenvalue weighted by atomic mass is 9.84. The quantitative estimate of drug-likeness (QED) is 0.688. The van der Waals surface area contributed by atoms with Crippen molar-refractivity contribution in [2.24, 2.45) is 0 Å². The van der Waals surface area contributed by atoms with E-state index in [2.05, 4.69) is 15.7 Å². The van der Waals surface area contributed by atoms with Gasteiger partial charge in [-0.05, 0) is 25.9 Å².